The number of hydrogen-bond donors (Lipinski definition) is 3. The molecule has 1 amide bonds. The second-order valence-corrected chi connectivity index (χ2v) is 4.86. The highest BCUT2D eigenvalue weighted by molar-refractivity contribution is 5.88. The molecule has 0 aromatic heterocycles. The van der Waals surface area contributed by atoms with Gasteiger partial charge >= 0.3 is 0 Å². The summed E-state index contributed by atoms with van der Waals surface area (Å²) in [6, 6.07) is 7.55. The molecule has 3 N–H and O–H groups in total. The van der Waals surface area contributed by atoms with Crippen molar-refractivity contribution < 1.29 is 9.90 Å². The summed E-state index contributed by atoms with van der Waals surface area (Å²) in [5.74, 6) is -0.0989. The van der Waals surface area contributed by atoms with Crippen LogP contribution in [0.3, 0.4) is 0 Å². The standard InChI is InChI=1S/C14H22N2O2/c1-9(2)15-10(3)14(18)12-5-7-13(8-6-12)16-11(4)17/h5-10,14-15,18H,1-4H3,(H,16,17). The summed E-state index contributed by atoms with van der Waals surface area (Å²) in [6.07, 6.45) is -0.557. The van der Waals surface area contributed by atoms with Gasteiger partial charge in [0.15, 0.2) is 0 Å². The number of benzene rings is 1. The predicted octanol–water partition coefficient (Wildman–Crippen LogP) is 2.06. The van der Waals surface area contributed by atoms with E-state index in [-0.39, 0.29) is 11.9 Å². The fourth-order valence-electron chi connectivity index (χ4n) is 1.87. The molecule has 0 bridgehead atoms. The lowest BCUT2D eigenvalue weighted by Gasteiger charge is -2.23. The third kappa shape index (κ3) is 4.47. The lowest BCUT2D eigenvalue weighted by Crippen LogP contribution is -2.36. The fourth-order valence-corrected chi connectivity index (χ4v) is 1.87. The summed E-state index contributed by atoms with van der Waals surface area (Å²) < 4.78 is 0. The minimum absolute atomic E-state index is 0.0170. The van der Waals surface area contributed by atoms with Crippen LogP contribution in [-0.2, 0) is 4.79 Å². The van der Waals surface area contributed by atoms with E-state index in [2.05, 4.69) is 10.6 Å². The van der Waals surface area contributed by atoms with Crippen LogP contribution in [0.4, 0.5) is 5.69 Å². The van der Waals surface area contributed by atoms with Crippen LogP contribution in [-0.4, -0.2) is 23.1 Å². The maximum atomic E-state index is 10.9. The first-order valence-electron chi connectivity index (χ1n) is 6.22. The van der Waals surface area contributed by atoms with Crippen LogP contribution in [0.25, 0.3) is 0 Å². The van der Waals surface area contributed by atoms with Gasteiger partial charge in [0.1, 0.15) is 0 Å². The first-order chi connectivity index (χ1) is 8.40. The van der Waals surface area contributed by atoms with Crippen LogP contribution < -0.4 is 10.6 Å². The van der Waals surface area contributed by atoms with Gasteiger partial charge in [0.25, 0.3) is 0 Å². The first kappa shape index (κ1) is 14.7. The van der Waals surface area contributed by atoms with Crippen LogP contribution in [0, 0.1) is 0 Å². The summed E-state index contributed by atoms with van der Waals surface area (Å²) in [5.41, 5.74) is 1.58. The van der Waals surface area contributed by atoms with E-state index in [0.717, 1.165) is 11.3 Å². The molecule has 100 valence electrons. The third-order valence-corrected chi connectivity index (χ3v) is 2.64. The van der Waals surface area contributed by atoms with E-state index < -0.39 is 6.10 Å². The Morgan fingerprint density at radius 3 is 2.17 bits per heavy atom. The summed E-state index contributed by atoms with van der Waals surface area (Å²) in [7, 11) is 0. The maximum absolute atomic E-state index is 10.9. The molecule has 0 saturated carbocycles. The molecule has 18 heavy (non-hydrogen) atoms. The normalized spacial score (nSPS) is 14.3. The zero-order valence-corrected chi connectivity index (χ0v) is 11.4. The topological polar surface area (TPSA) is 61.4 Å². The van der Waals surface area contributed by atoms with Gasteiger partial charge in [-0.2, -0.15) is 0 Å². The van der Waals surface area contributed by atoms with Crippen LogP contribution in [0.1, 0.15) is 39.4 Å². The van der Waals surface area contributed by atoms with E-state index in [1.165, 1.54) is 6.92 Å². The molecule has 0 aliphatic carbocycles. The quantitative estimate of drug-likeness (QED) is 0.749. The molecule has 0 heterocycles. The third-order valence-electron chi connectivity index (χ3n) is 2.64. The highest BCUT2D eigenvalue weighted by Gasteiger charge is 2.16. The summed E-state index contributed by atoms with van der Waals surface area (Å²) in [6.45, 7) is 7.51. The number of aliphatic hydroxyl groups is 1. The van der Waals surface area contributed by atoms with Gasteiger partial charge < -0.3 is 15.7 Å². The van der Waals surface area contributed by atoms with Gasteiger partial charge in [0.05, 0.1) is 6.10 Å². The summed E-state index contributed by atoms with van der Waals surface area (Å²) >= 11 is 0. The van der Waals surface area contributed by atoms with Crippen LogP contribution in [0.5, 0.6) is 0 Å². The van der Waals surface area contributed by atoms with Crippen molar-refractivity contribution in [2.75, 3.05) is 5.32 Å². The molecular weight excluding hydrogens is 228 g/mol. The predicted molar refractivity (Wildman–Crippen MR) is 73.4 cm³/mol. The molecule has 0 aliphatic heterocycles. The molecule has 0 spiro atoms. The molecule has 0 radical (unpaired) electrons. The van der Waals surface area contributed by atoms with Gasteiger partial charge in [-0.15, -0.1) is 0 Å². The molecule has 0 fully saturated rings. The zero-order valence-electron chi connectivity index (χ0n) is 11.4. The Bertz CT molecular complexity index is 387. The number of anilines is 1. The molecule has 2 atom stereocenters. The van der Waals surface area contributed by atoms with E-state index in [4.69, 9.17) is 0 Å². The van der Waals surface area contributed by atoms with E-state index in [1.807, 2.05) is 32.9 Å². The van der Waals surface area contributed by atoms with Crippen molar-refractivity contribution in [2.24, 2.45) is 0 Å². The minimum atomic E-state index is -0.557. The van der Waals surface area contributed by atoms with Crippen LogP contribution >= 0.6 is 0 Å². The molecule has 1 rings (SSSR count). The number of nitrogens with one attached hydrogen (secondary N) is 2. The van der Waals surface area contributed by atoms with Crippen LogP contribution in [0.2, 0.25) is 0 Å². The van der Waals surface area contributed by atoms with Gasteiger partial charge in [0, 0.05) is 24.7 Å². The van der Waals surface area contributed by atoms with Crippen molar-refractivity contribution in [3.63, 3.8) is 0 Å². The van der Waals surface area contributed by atoms with Gasteiger partial charge in [-0.05, 0) is 24.6 Å². The second-order valence-electron chi connectivity index (χ2n) is 4.86. The molecule has 0 saturated heterocycles. The van der Waals surface area contributed by atoms with Gasteiger partial charge in [-0.25, -0.2) is 0 Å². The average Bonchev–Trinajstić information content (AvgIpc) is 2.27. The minimum Gasteiger partial charge on any atom is -0.387 e. The summed E-state index contributed by atoms with van der Waals surface area (Å²) in [5, 5.41) is 16.1. The van der Waals surface area contributed by atoms with Gasteiger partial charge in [-0.1, -0.05) is 26.0 Å². The Kier molecular flexibility index (Phi) is 5.31. The molecule has 1 aromatic rings. The van der Waals surface area contributed by atoms with Crippen LogP contribution in [0.15, 0.2) is 24.3 Å². The highest BCUT2D eigenvalue weighted by Crippen LogP contribution is 2.19. The molecule has 2 unspecified atom stereocenters. The van der Waals surface area contributed by atoms with Crippen molar-refractivity contribution in [3.8, 4) is 0 Å². The Labute approximate surface area is 108 Å². The lowest BCUT2D eigenvalue weighted by atomic mass is 10.0. The number of rotatable bonds is 5. The molecule has 4 nitrogen and oxygen atoms in total. The Hall–Kier alpha value is -1.39. The monoisotopic (exact) mass is 250 g/mol. The second kappa shape index (κ2) is 6.52. The van der Waals surface area contributed by atoms with E-state index in [1.54, 1.807) is 12.1 Å². The van der Waals surface area contributed by atoms with Gasteiger partial charge in [0.2, 0.25) is 5.91 Å². The van der Waals surface area contributed by atoms with E-state index in [0.29, 0.717) is 6.04 Å². The highest BCUT2D eigenvalue weighted by atomic mass is 16.3. The van der Waals surface area contributed by atoms with E-state index in [9.17, 15) is 9.90 Å². The zero-order chi connectivity index (χ0) is 13.7. The van der Waals surface area contributed by atoms with Crippen molar-refractivity contribution >= 4 is 11.6 Å². The molecule has 1 aromatic carbocycles. The van der Waals surface area contributed by atoms with Crippen molar-refractivity contribution in [1.29, 1.82) is 0 Å². The average molecular weight is 250 g/mol. The number of carbonyl (C=O) groups is 1. The molecular formula is C14H22N2O2. The summed E-state index contributed by atoms with van der Waals surface area (Å²) in [4.78, 5) is 10.9. The maximum Gasteiger partial charge on any atom is 0.221 e. The van der Waals surface area contributed by atoms with Crippen molar-refractivity contribution in [3.05, 3.63) is 29.8 Å². The largest absolute Gasteiger partial charge is 0.387 e. The Balaban J connectivity index is 2.69. The Morgan fingerprint density at radius 2 is 1.72 bits per heavy atom. The first-order valence-corrected chi connectivity index (χ1v) is 6.22. The SMILES string of the molecule is CC(=O)Nc1ccc(C(O)C(C)NC(C)C)cc1. The van der Waals surface area contributed by atoms with Crippen molar-refractivity contribution in [1.82, 2.24) is 5.32 Å². The number of carbonyl (C=O) groups excluding carboxylic acids is 1. The van der Waals surface area contributed by atoms with Crippen molar-refractivity contribution in [2.45, 2.75) is 45.9 Å². The lowest BCUT2D eigenvalue weighted by molar-refractivity contribution is -0.114. The number of amides is 1. The Morgan fingerprint density at radius 1 is 1.17 bits per heavy atom. The number of aliphatic hydroxyl groups excluding tert-OH is 1. The van der Waals surface area contributed by atoms with E-state index >= 15 is 0 Å². The molecule has 0 aliphatic rings. The fraction of sp³-hybridized carbons (Fsp3) is 0.500. The molecule has 4 heteroatoms. The smallest absolute Gasteiger partial charge is 0.221 e. The number of hydrogen-bond acceptors (Lipinski definition) is 3. The van der Waals surface area contributed by atoms with Gasteiger partial charge in [-0.3, -0.25) is 4.79 Å².